The van der Waals surface area contributed by atoms with E-state index in [1.807, 2.05) is 29.7 Å². The summed E-state index contributed by atoms with van der Waals surface area (Å²) in [5.41, 5.74) is 2.35. The normalized spacial score (nSPS) is 12.5. The molecule has 0 amide bonds. The molecule has 10 heteroatoms. The number of aromatic nitrogens is 5. The van der Waals surface area contributed by atoms with Crippen LogP contribution in [0.25, 0.3) is 28.0 Å². The van der Waals surface area contributed by atoms with Crippen LogP contribution in [-0.4, -0.2) is 27.2 Å². The third-order valence-electron chi connectivity index (χ3n) is 4.60. The summed E-state index contributed by atoms with van der Waals surface area (Å²) in [6.07, 6.45) is 0. The second kappa shape index (κ2) is 5.98. The van der Waals surface area contributed by atoms with Crippen LogP contribution in [0, 0.1) is 17.0 Å². The van der Waals surface area contributed by atoms with Crippen molar-refractivity contribution in [2.45, 2.75) is 6.92 Å². The van der Waals surface area contributed by atoms with E-state index in [0.29, 0.717) is 17.4 Å². The first kappa shape index (κ1) is 16.1. The van der Waals surface area contributed by atoms with Crippen LogP contribution >= 0.6 is 0 Å². The first-order valence-electron chi connectivity index (χ1n) is 8.35. The van der Waals surface area contributed by atoms with E-state index in [-0.39, 0.29) is 12.5 Å². The molecule has 0 saturated heterocycles. The zero-order chi connectivity index (χ0) is 19.3. The zero-order valence-electron chi connectivity index (χ0n) is 14.6. The Bertz CT molecular complexity index is 1220. The molecule has 0 unspecified atom stereocenters. The monoisotopic (exact) mass is 376 g/mol. The number of nitro benzene ring substituents is 1. The smallest absolute Gasteiger partial charge is 0.277 e. The zero-order valence-corrected chi connectivity index (χ0v) is 14.6. The van der Waals surface area contributed by atoms with Crippen molar-refractivity contribution in [1.29, 1.82) is 0 Å². The topological polar surface area (TPSA) is 118 Å². The standard InChI is InChI=1S/C18H12N6O4/c1-10-6-12-7-15-16(28-9-27-15)8-14(12)17(23(10)18-19-21-22-20-18)11-2-4-13(5-3-11)24(25)26/h2-8H,9H2,1H3. The van der Waals surface area contributed by atoms with E-state index in [4.69, 9.17) is 9.47 Å². The maximum atomic E-state index is 11.0. The Morgan fingerprint density at radius 2 is 1.89 bits per heavy atom. The lowest BCUT2D eigenvalue weighted by molar-refractivity contribution is -0.598. The molecule has 10 nitrogen and oxygen atoms in total. The fraction of sp³-hybridized carbons (Fsp3) is 0.111. The molecule has 0 N–H and O–H groups in total. The number of nitrogens with zero attached hydrogens (tertiary/aromatic N) is 6. The largest absolute Gasteiger partial charge is 0.454 e. The molecule has 138 valence electrons. The van der Waals surface area contributed by atoms with Crippen LogP contribution in [0.3, 0.4) is 0 Å². The third-order valence-corrected chi connectivity index (χ3v) is 4.60. The van der Waals surface area contributed by atoms with Crippen molar-refractivity contribution >= 4 is 16.5 Å². The Labute approximate surface area is 157 Å². The molecule has 2 aromatic heterocycles. The van der Waals surface area contributed by atoms with Gasteiger partial charge in [-0.3, -0.25) is 14.7 Å². The van der Waals surface area contributed by atoms with Gasteiger partial charge in [-0.1, -0.05) is 10.2 Å². The molecule has 28 heavy (non-hydrogen) atoms. The summed E-state index contributed by atoms with van der Waals surface area (Å²) in [4.78, 5) is 10.6. The van der Waals surface area contributed by atoms with Crippen molar-refractivity contribution in [2.75, 3.05) is 6.79 Å². The maximum Gasteiger partial charge on any atom is 0.277 e. The van der Waals surface area contributed by atoms with E-state index in [1.165, 1.54) is 12.1 Å². The molecule has 0 fully saturated rings. The van der Waals surface area contributed by atoms with Crippen molar-refractivity contribution in [3.05, 3.63) is 58.3 Å². The van der Waals surface area contributed by atoms with Gasteiger partial charge in [0, 0.05) is 23.2 Å². The fourth-order valence-corrected chi connectivity index (χ4v) is 3.38. The number of hydrogen-bond acceptors (Lipinski definition) is 7. The number of ether oxygens (including phenoxy) is 2. The highest BCUT2D eigenvalue weighted by Crippen LogP contribution is 2.39. The average Bonchev–Trinajstić information content (AvgIpc) is 3.37. The van der Waals surface area contributed by atoms with Gasteiger partial charge in [0.25, 0.3) is 11.6 Å². The van der Waals surface area contributed by atoms with Crippen molar-refractivity contribution in [2.24, 2.45) is 0 Å². The van der Waals surface area contributed by atoms with Crippen molar-refractivity contribution < 1.29 is 19.0 Å². The Hall–Kier alpha value is -4.08. The van der Waals surface area contributed by atoms with Crippen molar-refractivity contribution in [3.8, 4) is 28.7 Å². The predicted octanol–water partition coefficient (Wildman–Crippen LogP) is 1.87. The molecule has 0 aliphatic carbocycles. The number of fused-ring (bicyclic) bond motifs is 2. The first-order chi connectivity index (χ1) is 13.6. The molecule has 4 aromatic rings. The van der Waals surface area contributed by atoms with Crippen LogP contribution in [0.4, 0.5) is 5.69 Å². The average molecular weight is 376 g/mol. The van der Waals surface area contributed by atoms with Gasteiger partial charge in [-0.25, -0.2) is 0 Å². The molecule has 1 aliphatic rings. The Morgan fingerprint density at radius 1 is 1.14 bits per heavy atom. The lowest BCUT2D eigenvalue weighted by atomic mass is 10.0. The number of nitro groups is 1. The van der Waals surface area contributed by atoms with E-state index in [1.54, 1.807) is 12.1 Å². The van der Waals surface area contributed by atoms with Crippen molar-refractivity contribution in [1.82, 2.24) is 20.6 Å². The molecule has 0 bridgehead atoms. The Morgan fingerprint density at radius 3 is 2.57 bits per heavy atom. The van der Waals surface area contributed by atoms with E-state index < -0.39 is 4.92 Å². The Balaban J connectivity index is 1.85. The van der Waals surface area contributed by atoms with Gasteiger partial charge in [0.1, 0.15) is 0 Å². The number of tetrazole rings is 1. The molecule has 2 aromatic carbocycles. The van der Waals surface area contributed by atoms with Gasteiger partial charge in [0.05, 0.1) is 10.6 Å². The second-order valence-corrected chi connectivity index (χ2v) is 6.25. The number of hydrogen-bond donors (Lipinski definition) is 0. The molecule has 0 saturated carbocycles. The highest BCUT2D eigenvalue weighted by Gasteiger charge is 2.21. The Kier molecular flexibility index (Phi) is 3.44. The highest BCUT2D eigenvalue weighted by molar-refractivity contribution is 5.95. The SMILES string of the molecule is Cc1cc2cc3c(cc2c(-c2ccc([N+](=O)[O-])cc2)[n+]1-c1nnn[n-]1)OCO3. The lowest BCUT2D eigenvalue weighted by Gasteiger charge is -2.17. The number of rotatable bonds is 3. The maximum absolute atomic E-state index is 11.0. The molecular formula is C18H12N6O4. The highest BCUT2D eigenvalue weighted by atomic mass is 16.7. The molecule has 3 heterocycles. The predicted molar refractivity (Wildman–Crippen MR) is 95.1 cm³/mol. The number of aryl methyl sites for hydroxylation is 1. The molecule has 0 spiro atoms. The number of pyridine rings is 1. The summed E-state index contributed by atoms with van der Waals surface area (Å²) in [7, 11) is 0. The summed E-state index contributed by atoms with van der Waals surface area (Å²) in [5, 5.41) is 28.0. The van der Waals surface area contributed by atoms with Gasteiger partial charge in [-0.05, 0) is 58.6 Å². The minimum Gasteiger partial charge on any atom is -0.454 e. The van der Waals surface area contributed by atoms with Gasteiger partial charge >= 0.3 is 0 Å². The van der Waals surface area contributed by atoms with Crippen molar-refractivity contribution in [3.63, 3.8) is 0 Å². The molecule has 0 radical (unpaired) electrons. The summed E-state index contributed by atoms with van der Waals surface area (Å²) in [6.45, 7) is 2.08. The quantitative estimate of drug-likeness (QED) is 0.302. The van der Waals surface area contributed by atoms with E-state index >= 15 is 0 Å². The van der Waals surface area contributed by atoms with Crippen LogP contribution in [0.1, 0.15) is 5.69 Å². The first-order valence-corrected chi connectivity index (χ1v) is 8.35. The minimum absolute atomic E-state index is 0.0118. The van der Waals surface area contributed by atoms with Gasteiger partial charge in [-0.15, -0.1) is 0 Å². The van der Waals surface area contributed by atoms with Gasteiger partial charge in [0.2, 0.25) is 6.79 Å². The number of benzene rings is 2. The summed E-state index contributed by atoms with van der Waals surface area (Å²) < 4.78 is 12.8. The van der Waals surface area contributed by atoms with Gasteiger partial charge < -0.3 is 9.47 Å². The summed E-state index contributed by atoms with van der Waals surface area (Å²) in [5.74, 6) is 1.61. The minimum atomic E-state index is -0.432. The molecule has 5 rings (SSSR count). The van der Waals surface area contributed by atoms with Gasteiger partial charge in [-0.2, -0.15) is 0 Å². The second-order valence-electron chi connectivity index (χ2n) is 6.25. The number of non-ortho nitro benzene ring substituents is 1. The van der Waals surface area contributed by atoms with Gasteiger partial charge in [0.15, 0.2) is 11.5 Å². The van der Waals surface area contributed by atoms with E-state index in [9.17, 15) is 10.1 Å². The van der Waals surface area contributed by atoms with Crippen LogP contribution in [-0.2, 0) is 0 Å². The van der Waals surface area contributed by atoms with Crippen LogP contribution < -0.4 is 19.1 Å². The molecule has 0 atom stereocenters. The van der Waals surface area contributed by atoms with Crippen LogP contribution in [0.15, 0.2) is 42.5 Å². The summed E-state index contributed by atoms with van der Waals surface area (Å²) >= 11 is 0. The van der Waals surface area contributed by atoms with E-state index in [0.717, 1.165) is 27.7 Å². The van der Waals surface area contributed by atoms with Crippen LogP contribution in [0.5, 0.6) is 11.5 Å². The molecule has 1 aliphatic heterocycles. The van der Waals surface area contributed by atoms with E-state index in [2.05, 4.69) is 20.6 Å². The molecular weight excluding hydrogens is 364 g/mol. The fourth-order valence-electron chi connectivity index (χ4n) is 3.38. The lowest BCUT2D eigenvalue weighted by Crippen LogP contribution is -2.39. The van der Waals surface area contributed by atoms with Crippen LogP contribution in [0.2, 0.25) is 0 Å². The third kappa shape index (κ3) is 2.42. The summed E-state index contributed by atoms with van der Waals surface area (Å²) in [6, 6.07) is 12.1.